The van der Waals surface area contributed by atoms with Crippen molar-refractivity contribution in [2.75, 3.05) is 0 Å². The zero-order chi connectivity index (χ0) is 13.3. The molecule has 0 atom stereocenters. The third kappa shape index (κ3) is 2.41. The molecule has 0 fully saturated rings. The first-order valence-electron chi connectivity index (χ1n) is 5.86. The Bertz CT molecular complexity index is 575. The van der Waals surface area contributed by atoms with Crippen molar-refractivity contribution >= 4 is 11.6 Å². The van der Waals surface area contributed by atoms with Gasteiger partial charge in [-0.25, -0.2) is 4.39 Å². The molecule has 0 aliphatic carbocycles. The lowest BCUT2D eigenvalue weighted by molar-refractivity contribution is 0.620. The van der Waals surface area contributed by atoms with Crippen LogP contribution >= 0.6 is 11.6 Å². The van der Waals surface area contributed by atoms with Crippen molar-refractivity contribution in [1.82, 2.24) is 9.78 Å². The molecular formula is C14H16ClFN2. The van der Waals surface area contributed by atoms with Gasteiger partial charge in [-0.15, -0.1) is 11.6 Å². The SMILES string of the molecule is Cc1cc(F)ccc1Cn1nc(C)c(CCl)c1C. The lowest BCUT2D eigenvalue weighted by Gasteiger charge is -2.08. The summed E-state index contributed by atoms with van der Waals surface area (Å²) in [5.74, 6) is 0.270. The number of aromatic nitrogens is 2. The van der Waals surface area contributed by atoms with Gasteiger partial charge in [0.2, 0.25) is 0 Å². The Morgan fingerprint density at radius 3 is 2.56 bits per heavy atom. The minimum absolute atomic E-state index is 0.203. The zero-order valence-electron chi connectivity index (χ0n) is 10.8. The second-order valence-corrected chi connectivity index (χ2v) is 4.78. The maximum absolute atomic E-state index is 13.0. The molecule has 0 bridgehead atoms. The molecule has 4 heteroatoms. The summed E-state index contributed by atoms with van der Waals surface area (Å²) in [5, 5.41) is 4.48. The van der Waals surface area contributed by atoms with E-state index < -0.39 is 0 Å². The van der Waals surface area contributed by atoms with E-state index in [0.717, 1.165) is 28.1 Å². The van der Waals surface area contributed by atoms with E-state index in [1.807, 2.05) is 31.5 Å². The van der Waals surface area contributed by atoms with Gasteiger partial charge in [0.1, 0.15) is 5.82 Å². The molecule has 0 amide bonds. The van der Waals surface area contributed by atoms with Gasteiger partial charge in [-0.05, 0) is 44.0 Å². The number of hydrogen-bond donors (Lipinski definition) is 0. The Morgan fingerprint density at radius 1 is 1.28 bits per heavy atom. The van der Waals surface area contributed by atoms with Crippen LogP contribution in [0.3, 0.4) is 0 Å². The average Bonchev–Trinajstić information content (AvgIpc) is 2.58. The van der Waals surface area contributed by atoms with Crippen molar-refractivity contribution < 1.29 is 4.39 Å². The Hall–Kier alpha value is -1.35. The number of benzene rings is 1. The van der Waals surface area contributed by atoms with Gasteiger partial charge in [0, 0.05) is 11.3 Å². The van der Waals surface area contributed by atoms with Crippen LogP contribution in [0.25, 0.3) is 0 Å². The fourth-order valence-corrected chi connectivity index (χ4v) is 2.47. The molecule has 1 heterocycles. The Morgan fingerprint density at radius 2 is 2.00 bits per heavy atom. The highest BCUT2D eigenvalue weighted by Gasteiger charge is 2.11. The summed E-state index contributed by atoms with van der Waals surface area (Å²) in [4.78, 5) is 0. The fraction of sp³-hybridized carbons (Fsp3) is 0.357. The summed E-state index contributed by atoms with van der Waals surface area (Å²) in [7, 11) is 0. The van der Waals surface area contributed by atoms with Gasteiger partial charge in [0.25, 0.3) is 0 Å². The van der Waals surface area contributed by atoms with Crippen LogP contribution in [0, 0.1) is 26.6 Å². The maximum atomic E-state index is 13.0. The second kappa shape index (κ2) is 5.11. The molecule has 2 rings (SSSR count). The molecule has 0 saturated carbocycles. The summed E-state index contributed by atoms with van der Waals surface area (Å²) in [6, 6.07) is 4.83. The molecule has 0 radical (unpaired) electrons. The molecule has 0 aliphatic heterocycles. The third-order valence-corrected chi connectivity index (χ3v) is 3.56. The molecule has 1 aromatic carbocycles. The molecule has 2 nitrogen and oxygen atoms in total. The van der Waals surface area contributed by atoms with E-state index in [4.69, 9.17) is 11.6 Å². The van der Waals surface area contributed by atoms with Crippen molar-refractivity contribution in [3.05, 3.63) is 52.1 Å². The topological polar surface area (TPSA) is 17.8 Å². The van der Waals surface area contributed by atoms with Crippen LogP contribution in [0.2, 0.25) is 0 Å². The minimum atomic E-state index is -0.203. The standard InChI is InChI=1S/C14H16ClFN2/c1-9-6-13(16)5-4-12(9)8-18-11(3)14(7-15)10(2)17-18/h4-6H,7-8H2,1-3H3. The number of alkyl halides is 1. The summed E-state index contributed by atoms with van der Waals surface area (Å²) >= 11 is 5.90. The molecular weight excluding hydrogens is 251 g/mol. The predicted octanol–water partition coefficient (Wildman–Crippen LogP) is 3.73. The summed E-state index contributed by atoms with van der Waals surface area (Å²) < 4.78 is 15.0. The normalized spacial score (nSPS) is 10.9. The molecule has 2 aromatic rings. The third-order valence-electron chi connectivity index (χ3n) is 3.29. The van der Waals surface area contributed by atoms with Gasteiger partial charge in [0.05, 0.1) is 18.1 Å². The highest BCUT2D eigenvalue weighted by atomic mass is 35.5. The molecule has 0 saturated heterocycles. The Labute approximate surface area is 111 Å². The molecule has 0 N–H and O–H groups in total. The number of halogens is 2. The van der Waals surface area contributed by atoms with Crippen molar-refractivity contribution in [2.45, 2.75) is 33.2 Å². The summed E-state index contributed by atoms with van der Waals surface area (Å²) in [6.07, 6.45) is 0. The van der Waals surface area contributed by atoms with Crippen molar-refractivity contribution in [3.63, 3.8) is 0 Å². The van der Waals surface area contributed by atoms with E-state index in [2.05, 4.69) is 5.10 Å². The van der Waals surface area contributed by atoms with Crippen LogP contribution in [0.1, 0.15) is 28.1 Å². The van der Waals surface area contributed by atoms with E-state index in [9.17, 15) is 4.39 Å². The Balaban J connectivity index is 2.34. The molecule has 96 valence electrons. The van der Waals surface area contributed by atoms with Crippen molar-refractivity contribution in [1.29, 1.82) is 0 Å². The number of nitrogens with zero attached hydrogens (tertiary/aromatic N) is 2. The van der Waals surface area contributed by atoms with Crippen molar-refractivity contribution in [2.24, 2.45) is 0 Å². The second-order valence-electron chi connectivity index (χ2n) is 4.51. The highest BCUT2D eigenvalue weighted by Crippen LogP contribution is 2.18. The smallest absolute Gasteiger partial charge is 0.123 e. The van der Waals surface area contributed by atoms with Gasteiger partial charge < -0.3 is 0 Å². The fourth-order valence-electron chi connectivity index (χ4n) is 2.08. The molecule has 0 spiro atoms. The van der Waals surface area contributed by atoms with Gasteiger partial charge in [0.15, 0.2) is 0 Å². The number of aryl methyl sites for hydroxylation is 2. The van der Waals surface area contributed by atoms with Gasteiger partial charge >= 0.3 is 0 Å². The molecule has 0 unspecified atom stereocenters. The lowest BCUT2D eigenvalue weighted by atomic mass is 10.1. The minimum Gasteiger partial charge on any atom is -0.265 e. The number of hydrogen-bond acceptors (Lipinski definition) is 1. The first-order chi connectivity index (χ1) is 8.52. The van der Waals surface area contributed by atoms with Crippen LogP contribution in [0.15, 0.2) is 18.2 Å². The first kappa shape index (κ1) is 13.1. The van der Waals surface area contributed by atoms with Gasteiger partial charge in [-0.2, -0.15) is 5.10 Å². The predicted molar refractivity (Wildman–Crippen MR) is 71.5 cm³/mol. The monoisotopic (exact) mass is 266 g/mol. The van der Waals surface area contributed by atoms with E-state index in [1.165, 1.54) is 6.07 Å². The van der Waals surface area contributed by atoms with E-state index in [0.29, 0.717) is 12.4 Å². The van der Waals surface area contributed by atoms with E-state index >= 15 is 0 Å². The van der Waals surface area contributed by atoms with Crippen LogP contribution in [0.5, 0.6) is 0 Å². The Kier molecular flexibility index (Phi) is 3.71. The van der Waals surface area contributed by atoms with Gasteiger partial charge in [-0.3, -0.25) is 4.68 Å². The van der Waals surface area contributed by atoms with Crippen LogP contribution < -0.4 is 0 Å². The largest absolute Gasteiger partial charge is 0.265 e. The van der Waals surface area contributed by atoms with Crippen LogP contribution in [0.4, 0.5) is 4.39 Å². The average molecular weight is 267 g/mol. The summed E-state index contributed by atoms with van der Waals surface area (Å²) in [6.45, 7) is 6.53. The van der Waals surface area contributed by atoms with Crippen molar-refractivity contribution in [3.8, 4) is 0 Å². The molecule has 0 aliphatic rings. The van der Waals surface area contributed by atoms with Gasteiger partial charge in [-0.1, -0.05) is 6.07 Å². The van der Waals surface area contributed by atoms with Crippen LogP contribution in [-0.4, -0.2) is 9.78 Å². The first-order valence-corrected chi connectivity index (χ1v) is 6.40. The van der Waals surface area contributed by atoms with E-state index in [-0.39, 0.29) is 5.82 Å². The van der Waals surface area contributed by atoms with Crippen LogP contribution in [-0.2, 0) is 12.4 Å². The highest BCUT2D eigenvalue weighted by molar-refractivity contribution is 6.17. The molecule has 18 heavy (non-hydrogen) atoms. The zero-order valence-corrected chi connectivity index (χ0v) is 11.6. The number of rotatable bonds is 3. The molecule has 1 aromatic heterocycles. The maximum Gasteiger partial charge on any atom is 0.123 e. The lowest BCUT2D eigenvalue weighted by Crippen LogP contribution is -2.06. The van der Waals surface area contributed by atoms with E-state index in [1.54, 1.807) is 6.07 Å². The quantitative estimate of drug-likeness (QED) is 0.774. The summed E-state index contributed by atoms with van der Waals surface area (Å²) in [5.41, 5.74) is 5.13.